The molecule has 0 bridgehead atoms. The highest BCUT2D eigenvalue weighted by Gasteiger charge is 2.22. The lowest BCUT2D eigenvalue weighted by Gasteiger charge is -2.19. The number of nitrogens with zero attached hydrogens (tertiary/aromatic N) is 1. The molecule has 23 heavy (non-hydrogen) atoms. The Morgan fingerprint density at radius 2 is 1.48 bits per heavy atom. The van der Waals surface area contributed by atoms with Crippen LogP contribution in [0.1, 0.15) is 39.0 Å². The molecular weight excluding hydrogens is 288 g/mol. The number of rotatable bonds is 4. The summed E-state index contributed by atoms with van der Waals surface area (Å²) in [5, 5.41) is 6.95. The van der Waals surface area contributed by atoms with Gasteiger partial charge in [-0.1, -0.05) is 65.8 Å². The molecule has 0 atom stereocenters. The minimum Gasteiger partial charge on any atom is -0.361 e. The molecule has 0 aliphatic carbocycles. The third kappa shape index (κ3) is 3.16. The lowest BCUT2D eigenvalue weighted by molar-refractivity contribution is 0.0941. The molecule has 0 radical (unpaired) electrons. The van der Waals surface area contributed by atoms with Crippen LogP contribution in [-0.2, 0) is 0 Å². The molecule has 0 spiro atoms. The van der Waals surface area contributed by atoms with Gasteiger partial charge >= 0.3 is 0 Å². The summed E-state index contributed by atoms with van der Waals surface area (Å²) in [7, 11) is 0. The summed E-state index contributed by atoms with van der Waals surface area (Å²) < 4.78 is 5.10. The molecule has 0 aliphatic rings. The molecule has 0 aliphatic heterocycles. The van der Waals surface area contributed by atoms with Gasteiger partial charge in [-0.25, -0.2) is 0 Å². The number of aryl methyl sites for hydroxylation is 2. The standard InChI is InChI=1S/C19H18N2O2/c1-13-17(14(2)23-21-13)19(22)20-18(15-9-5-3-6-10-15)16-11-7-4-8-12-16/h3-12,18H,1-2H3,(H,20,22). The van der Waals surface area contributed by atoms with Gasteiger partial charge in [0.1, 0.15) is 11.3 Å². The van der Waals surface area contributed by atoms with Gasteiger partial charge in [0.25, 0.3) is 5.91 Å². The van der Waals surface area contributed by atoms with Gasteiger partial charge < -0.3 is 9.84 Å². The first kappa shape index (κ1) is 15.0. The van der Waals surface area contributed by atoms with Crippen LogP contribution in [0.4, 0.5) is 0 Å². The number of nitrogens with one attached hydrogen (secondary N) is 1. The maximum absolute atomic E-state index is 12.7. The van der Waals surface area contributed by atoms with Crippen molar-refractivity contribution in [3.8, 4) is 0 Å². The van der Waals surface area contributed by atoms with Gasteiger partial charge in [0.15, 0.2) is 0 Å². The molecule has 116 valence electrons. The molecule has 1 heterocycles. The zero-order valence-corrected chi connectivity index (χ0v) is 13.1. The molecule has 3 aromatic rings. The van der Waals surface area contributed by atoms with Crippen molar-refractivity contribution in [1.82, 2.24) is 10.5 Å². The second kappa shape index (κ2) is 6.48. The third-order valence-corrected chi connectivity index (χ3v) is 3.80. The van der Waals surface area contributed by atoms with Crippen molar-refractivity contribution < 1.29 is 9.32 Å². The summed E-state index contributed by atoms with van der Waals surface area (Å²) in [5.41, 5.74) is 3.15. The van der Waals surface area contributed by atoms with E-state index in [-0.39, 0.29) is 11.9 Å². The monoisotopic (exact) mass is 306 g/mol. The van der Waals surface area contributed by atoms with Crippen molar-refractivity contribution in [2.24, 2.45) is 0 Å². The van der Waals surface area contributed by atoms with E-state index in [0.29, 0.717) is 17.0 Å². The Hall–Kier alpha value is -2.88. The molecule has 0 fully saturated rings. The maximum Gasteiger partial charge on any atom is 0.257 e. The van der Waals surface area contributed by atoms with Crippen LogP contribution in [0, 0.1) is 13.8 Å². The number of hydrogen-bond acceptors (Lipinski definition) is 3. The van der Waals surface area contributed by atoms with Crippen LogP contribution in [0.5, 0.6) is 0 Å². The first-order valence-electron chi connectivity index (χ1n) is 7.50. The fourth-order valence-electron chi connectivity index (χ4n) is 2.66. The number of aromatic nitrogens is 1. The lowest BCUT2D eigenvalue weighted by Crippen LogP contribution is -2.30. The highest BCUT2D eigenvalue weighted by Crippen LogP contribution is 2.23. The molecule has 1 amide bonds. The number of benzene rings is 2. The van der Waals surface area contributed by atoms with E-state index in [0.717, 1.165) is 11.1 Å². The van der Waals surface area contributed by atoms with E-state index < -0.39 is 0 Å². The predicted octanol–water partition coefficient (Wildman–Crippen LogP) is 3.81. The zero-order valence-electron chi connectivity index (χ0n) is 13.1. The largest absolute Gasteiger partial charge is 0.361 e. The second-order valence-electron chi connectivity index (χ2n) is 5.43. The Bertz CT molecular complexity index is 736. The van der Waals surface area contributed by atoms with Crippen molar-refractivity contribution in [1.29, 1.82) is 0 Å². The predicted molar refractivity (Wildman–Crippen MR) is 88.2 cm³/mol. The summed E-state index contributed by atoms with van der Waals surface area (Å²) in [4.78, 5) is 12.7. The average Bonchev–Trinajstić information content (AvgIpc) is 2.93. The normalized spacial score (nSPS) is 10.7. The smallest absolute Gasteiger partial charge is 0.257 e. The van der Waals surface area contributed by atoms with E-state index in [1.807, 2.05) is 60.7 Å². The second-order valence-corrected chi connectivity index (χ2v) is 5.43. The number of carbonyl (C=O) groups excluding carboxylic acids is 1. The fraction of sp³-hybridized carbons (Fsp3) is 0.158. The van der Waals surface area contributed by atoms with Crippen molar-refractivity contribution in [3.63, 3.8) is 0 Å². The summed E-state index contributed by atoms with van der Waals surface area (Å²) in [6.45, 7) is 3.51. The zero-order chi connectivity index (χ0) is 16.2. The Morgan fingerprint density at radius 3 is 1.91 bits per heavy atom. The van der Waals surface area contributed by atoms with Crippen LogP contribution < -0.4 is 5.32 Å². The molecule has 4 heteroatoms. The van der Waals surface area contributed by atoms with E-state index in [1.54, 1.807) is 13.8 Å². The van der Waals surface area contributed by atoms with E-state index in [1.165, 1.54) is 0 Å². The van der Waals surface area contributed by atoms with E-state index in [9.17, 15) is 4.79 Å². The maximum atomic E-state index is 12.7. The van der Waals surface area contributed by atoms with E-state index in [2.05, 4.69) is 10.5 Å². The summed E-state index contributed by atoms with van der Waals surface area (Å²) in [6, 6.07) is 19.6. The van der Waals surface area contributed by atoms with Gasteiger partial charge in [-0.2, -0.15) is 0 Å². The van der Waals surface area contributed by atoms with Crippen LogP contribution in [0.15, 0.2) is 65.2 Å². The summed E-state index contributed by atoms with van der Waals surface area (Å²) in [5.74, 6) is 0.346. The molecule has 0 saturated carbocycles. The van der Waals surface area contributed by atoms with Gasteiger partial charge in [0.05, 0.1) is 11.7 Å². The Morgan fingerprint density at radius 1 is 0.957 bits per heavy atom. The van der Waals surface area contributed by atoms with Gasteiger partial charge in [-0.15, -0.1) is 0 Å². The highest BCUT2D eigenvalue weighted by molar-refractivity contribution is 5.96. The highest BCUT2D eigenvalue weighted by atomic mass is 16.5. The van der Waals surface area contributed by atoms with Crippen molar-refractivity contribution in [3.05, 3.63) is 88.8 Å². The Kier molecular flexibility index (Phi) is 4.24. The Labute approximate surface area is 135 Å². The third-order valence-electron chi connectivity index (χ3n) is 3.80. The molecule has 1 aromatic heterocycles. The number of carbonyl (C=O) groups is 1. The average molecular weight is 306 g/mol. The topological polar surface area (TPSA) is 55.1 Å². The van der Waals surface area contributed by atoms with Crippen molar-refractivity contribution in [2.45, 2.75) is 19.9 Å². The van der Waals surface area contributed by atoms with Crippen molar-refractivity contribution in [2.75, 3.05) is 0 Å². The van der Waals surface area contributed by atoms with E-state index >= 15 is 0 Å². The molecule has 0 saturated heterocycles. The van der Waals surface area contributed by atoms with Gasteiger partial charge in [-0.05, 0) is 25.0 Å². The van der Waals surface area contributed by atoms with Crippen LogP contribution in [0.2, 0.25) is 0 Å². The van der Waals surface area contributed by atoms with Crippen LogP contribution in [-0.4, -0.2) is 11.1 Å². The Balaban J connectivity index is 1.95. The first-order chi connectivity index (χ1) is 11.2. The minimum absolute atomic E-state index is 0.182. The van der Waals surface area contributed by atoms with Crippen LogP contribution in [0.3, 0.4) is 0 Å². The minimum atomic E-state index is -0.224. The number of hydrogen-bond donors (Lipinski definition) is 1. The fourth-order valence-corrected chi connectivity index (χ4v) is 2.66. The molecule has 2 aromatic carbocycles. The van der Waals surface area contributed by atoms with Gasteiger partial charge in [0, 0.05) is 0 Å². The van der Waals surface area contributed by atoms with Crippen molar-refractivity contribution >= 4 is 5.91 Å². The van der Waals surface area contributed by atoms with Gasteiger partial charge in [0.2, 0.25) is 0 Å². The summed E-state index contributed by atoms with van der Waals surface area (Å²) in [6.07, 6.45) is 0. The lowest BCUT2D eigenvalue weighted by atomic mass is 9.98. The molecular formula is C19H18N2O2. The molecule has 3 rings (SSSR count). The number of amides is 1. The quantitative estimate of drug-likeness (QED) is 0.797. The summed E-state index contributed by atoms with van der Waals surface area (Å²) >= 11 is 0. The SMILES string of the molecule is Cc1noc(C)c1C(=O)NC(c1ccccc1)c1ccccc1. The van der Waals surface area contributed by atoms with E-state index in [4.69, 9.17) is 4.52 Å². The molecule has 1 N–H and O–H groups in total. The molecule has 0 unspecified atom stereocenters. The van der Waals surface area contributed by atoms with Gasteiger partial charge in [-0.3, -0.25) is 4.79 Å². The molecule has 4 nitrogen and oxygen atoms in total. The van der Waals surface area contributed by atoms with Crippen LogP contribution >= 0.6 is 0 Å². The first-order valence-corrected chi connectivity index (χ1v) is 7.50. The van der Waals surface area contributed by atoms with Crippen LogP contribution in [0.25, 0.3) is 0 Å².